The SMILES string of the molecule is CCCCNC(=O)CC(C#N)c1ccc(F)cc1. The van der Waals surface area contributed by atoms with Crippen LogP contribution in [0.1, 0.15) is 37.7 Å². The molecule has 0 bridgehead atoms. The van der Waals surface area contributed by atoms with E-state index in [1.807, 2.05) is 6.92 Å². The molecule has 1 unspecified atom stereocenters. The highest BCUT2D eigenvalue weighted by molar-refractivity contribution is 5.77. The van der Waals surface area contributed by atoms with Gasteiger partial charge in [-0.3, -0.25) is 4.79 Å². The molecule has 1 atom stereocenters. The van der Waals surface area contributed by atoms with Gasteiger partial charge in [-0.2, -0.15) is 5.26 Å². The number of benzene rings is 1. The zero-order valence-electron chi connectivity index (χ0n) is 10.4. The maximum Gasteiger partial charge on any atom is 0.221 e. The number of nitriles is 1. The molecule has 0 saturated carbocycles. The largest absolute Gasteiger partial charge is 0.356 e. The molecule has 1 aromatic rings. The Balaban J connectivity index is 2.54. The normalized spacial score (nSPS) is 11.6. The number of hydrogen-bond acceptors (Lipinski definition) is 2. The lowest BCUT2D eigenvalue weighted by atomic mass is 9.97. The van der Waals surface area contributed by atoms with Crippen molar-refractivity contribution in [1.82, 2.24) is 5.32 Å². The van der Waals surface area contributed by atoms with E-state index < -0.39 is 5.92 Å². The van der Waals surface area contributed by atoms with E-state index in [1.54, 1.807) is 12.1 Å². The molecule has 0 fully saturated rings. The fourth-order valence-electron chi connectivity index (χ4n) is 1.60. The van der Waals surface area contributed by atoms with Crippen molar-refractivity contribution < 1.29 is 9.18 Å². The first-order chi connectivity index (χ1) is 8.67. The van der Waals surface area contributed by atoms with Crippen molar-refractivity contribution in [2.45, 2.75) is 32.1 Å². The summed E-state index contributed by atoms with van der Waals surface area (Å²) in [5.41, 5.74) is 0.671. The van der Waals surface area contributed by atoms with Gasteiger partial charge in [0.2, 0.25) is 5.91 Å². The molecule has 0 radical (unpaired) electrons. The van der Waals surface area contributed by atoms with E-state index in [4.69, 9.17) is 5.26 Å². The van der Waals surface area contributed by atoms with Crippen LogP contribution in [0.4, 0.5) is 4.39 Å². The van der Waals surface area contributed by atoms with Crippen molar-refractivity contribution in [3.8, 4) is 6.07 Å². The molecular weight excluding hydrogens is 231 g/mol. The van der Waals surface area contributed by atoms with Gasteiger partial charge in [0.1, 0.15) is 5.82 Å². The third kappa shape index (κ3) is 4.54. The standard InChI is InChI=1S/C14H17FN2O/c1-2-3-8-17-14(18)9-12(10-16)11-4-6-13(15)7-5-11/h4-7,12H,2-3,8-9H2,1H3,(H,17,18). The average Bonchev–Trinajstić information content (AvgIpc) is 2.37. The Morgan fingerprint density at radius 2 is 2.11 bits per heavy atom. The lowest BCUT2D eigenvalue weighted by Crippen LogP contribution is -2.25. The molecule has 1 aromatic carbocycles. The molecule has 0 aliphatic rings. The van der Waals surface area contributed by atoms with Crippen LogP contribution in [0, 0.1) is 17.1 Å². The van der Waals surface area contributed by atoms with Crippen LogP contribution in [0.15, 0.2) is 24.3 Å². The van der Waals surface area contributed by atoms with Gasteiger partial charge < -0.3 is 5.32 Å². The van der Waals surface area contributed by atoms with Gasteiger partial charge in [-0.25, -0.2) is 4.39 Å². The van der Waals surface area contributed by atoms with Crippen molar-refractivity contribution in [1.29, 1.82) is 5.26 Å². The highest BCUT2D eigenvalue weighted by atomic mass is 19.1. The fraction of sp³-hybridized carbons (Fsp3) is 0.429. The van der Waals surface area contributed by atoms with E-state index in [-0.39, 0.29) is 18.1 Å². The maximum atomic E-state index is 12.8. The van der Waals surface area contributed by atoms with E-state index >= 15 is 0 Å². The van der Waals surface area contributed by atoms with E-state index in [0.717, 1.165) is 12.8 Å². The van der Waals surface area contributed by atoms with E-state index in [2.05, 4.69) is 11.4 Å². The summed E-state index contributed by atoms with van der Waals surface area (Å²) in [6.45, 7) is 2.68. The van der Waals surface area contributed by atoms with E-state index in [9.17, 15) is 9.18 Å². The van der Waals surface area contributed by atoms with Crippen LogP contribution in [0.2, 0.25) is 0 Å². The second kappa shape index (κ2) is 7.44. The van der Waals surface area contributed by atoms with Crippen molar-refractivity contribution in [3.63, 3.8) is 0 Å². The van der Waals surface area contributed by atoms with Crippen LogP contribution >= 0.6 is 0 Å². The summed E-state index contributed by atoms with van der Waals surface area (Å²) in [5, 5.41) is 11.8. The molecule has 0 spiro atoms. The molecule has 0 aromatic heterocycles. The quantitative estimate of drug-likeness (QED) is 0.787. The van der Waals surface area contributed by atoms with Gasteiger partial charge >= 0.3 is 0 Å². The van der Waals surface area contributed by atoms with E-state index in [0.29, 0.717) is 12.1 Å². The zero-order chi connectivity index (χ0) is 13.4. The van der Waals surface area contributed by atoms with Gasteiger partial charge in [0, 0.05) is 13.0 Å². The summed E-state index contributed by atoms with van der Waals surface area (Å²) >= 11 is 0. The Hall–Kier alpha value is -1.89. The van der Waals surface area contributed by atoms with Crippen molar-refractivity contribution in [2.75, 3.05) is 6.54 Å². The van der Waals surface area contributed by atoms with Crippen LogP contribution in [0.5, 0.6) is 0 Å². The molecule has 3 nitrogen and oxygen atoms in total. The number of unbranched alkanes of at least 4 members (excludes halogenated alkanes) is 1. The lowest BCUT2D eigenvalue weighted by molar-refractivity contribution is -0.121. The highest BCUT2D eigenvalue weighted by Gasteiger charge is 2.15. The highest BCUT2D eigenvalue weighted by Crippen LogP contribution is 2.19. The van der Waals surface area contributed by atoms with Gasteiger partial charge in [-0.15, -0.1) is 0 Å². The first-order valence-electron chi connectivity index (χ1n) is 6.09. The minimum absolute atomic E-state index is 0.117. The molecule has 0 aliphatic carbocycles. The topological polar surface area (TPSA) is 52.9 Å². The molecule has 0 heterocycles. The maximum absolute atomic E-state index is 12.8. The molecule has 18 heavy (non-hydrogen) atoms. The molecule has 96 valence electrons. The molecule has 1 amide bonds. The third-order valence-electron chi connectivity index (χ3n) is 2.67. The number of halogens is 1. The summed E-state index contributed by atoms with van der Waals surface area (Å²) in [6, 6.07) is 7.76. The number of rotatable bonds is 6. The minimum Gasteiger partial charge on any atom is -0.356 e. The van der Waals surface area contributed by atoms with Gasteiger partial charge in [-0.05, 0) is 24.1 Å². The number of nitrogens with zero attached hydrogens (tertiary/aromatic N) is 1. The Morgan fingerprint density at radius 1 is 1.44 bits per heavy atom. The summed E-state index contributed by atoms with van der Waals surface area (Å²) in [6.07, 6.45) is 2.06. The number of carbonyl (C=O) groups excluding carboxylic acids is 1. The molecule has 0 aliphatic heterocycles. The van der Waals surface area contributed by atoms with Gasteiger partial charge in [-0.1, -0.05) is 25.5 Å². The van der Waals surface area contributed by atoms with Crippen LogP contribution in [0.3, 0.4) is 0 Å². The van der Waals surface area contributed by atoms with Gasteiger partial charge in [0.05, 0.1) is 12.0 Å². The molecule has 0 saturated heterocycles. The first kappa shape index (κ1) is 14.2. The predicted molar refractivity (Wildman–Crippen MR) is 67.3 cm³/mol. The van der Waals surface area contributed by atoms with Crippen molar-refractivity contribution in [2.24, 2.45) is 0 Å². The Bertz CT molecular complexity index is 422. The molecule has 1 rings (SSSR count). The Labute approximate surface area is 107 Å². The van der Waals surface area contributed by atoms with Gasteiger partial charge in [0.25, 0.3) is 0 Å². The van der Waals surface area contributed by atoms with Crippen LogP contribution in [0.25, 0.3) is 0 Å². The molecule has 4 heteroatoms. The van der Waals surface area contributed by atoms with Gasteiger partial charge in [0.15, 0.2) is 0 Å². The smallest absolute Gasteiger partial charge is 0.221 e. The molecule has 1 N–H and O–H groups in total. The van der Waals surface area contributed by atoms with Crippen molar-refractivity contribution in [3.05, 3.63) is 35.6 Å². The summed E-state index contributed by atoms with van der Waals surface area (Å²) in [4.78, 5) is 11.6. The number of hydrogen-bond donors (Lipinski definition) is 1. The number of nitrogens with one attached hydrogen (secondary N) is 1. The monoisotopic (exact) mass is 248 g/mol. The van der Waals surface area contributed by atoms with Crippen LogP contribution < -0.4 is 5.32 Å². The van der Waals surface area contributed by atoms with Crippen LogP contribution in [-0.4, -0.2) is 12.5 Å². The Kier molecular flexibility index (Phi) is 5.86. The zero-order valence-corrected chi connectivity index (χ0v) is 10.4. The van der Waals surface area contributed by atoms with Crippen LogP contribution in [-0.2, 0) is 4.79 Å². The second-order valence-corrected chi connectivity index (χ2v) is 4.14. The van der Waals surface area contributed by atoms with Crippen molar-refractivity contribution >= 4 is 5.91 Å². The summed E-state index contributed by atoms with van der Waals surface area (Å²) in [7, 11) is 0. The number of carbonyl (C=O) groups is 1. The Morgan fingerprint density at radius 3 is 2.67 bits per heavy atom. The first-order valence-corrected chi connectivity index (χ1v) is 6.09. The van der Waals surface area contributed by atoms with E-state index in [1.165, 1.54) is 12.1 Å². The predicted octanol–water partition coefficient (Wildman–Crippen LogP) is 2.74. The molecular formula is C14H17FN2O. The number of amides is 1. The fourth-order valence-corrected chi connectivity index (χ4v) is 1.60. The minimum atomic E-state index is -0.521. The third-order valence-corrected chi connectivity index (χ3v) is 2.67. The second-order valence-electron chi connectivity index (χ2n) is 4.14. The summed E-state index contributed by atoms with van der Waals surface area (Å²) < 4.78 is 12.8. The lowest BCUT2D eigenvalue weighted by Gasteiger charge is -2.09. The summed E-state index contributed by atoms with van der Waals surface area (Å²) in [5.74, 6) is -1.01. The average molecular weight is 248 g/mol.